The largest absolute Gasteiger partial charge is 0.486 e. The minimum absolute atomic E-state index is 0.00178. The molecule has 0 saturated carbocycles. The van der Waals surface area contributed by atoms with Crippen LogP contribution in [0.3, 0.4) is 0 Å². The summed E-state index contributed by atoms with van der Waals surface area (Å²) in [6, 6.07) is 6.19. The first kappa shape index (κ1) is 16.5. The van der Waals surface area contributed by atoms with Crippen molar-refractivity contribution in [3.05, 3.63) is 45.4 Å². The van der Waals surface area contributed by atoms with Crippen molar-refractivity contribution < 1.29 is 9.53 Å². The zero-order chi connectivity index (χ0) is 16.1. The van der Waals surface area contributed by atoms with Gasteiger partial charge in [0, 0.05) is 11.4 Å². The summed E-state index contributed by atoms with van der Waals surface area (Å²) < 4.78 is 5.76. The Balaban J connectivity index is 1.89. The van der Waals surface area contributed by atoms with Gasteiger partial charge in [-0.25, -0.2) is 4.98 Å². The number of hydrogen-bond donors (Lipinski definition) is 1. The van der Waals surface area contributed by atoms with E-state index in [2.05, 4.69) is 24.1 Å². The number of amides is 1. The smallest absolute Gasteiger partial charge is 0.226 e. The zero-order valence-corrected chi connectivity index (χ0v) is 14.3. The lowest BCUT2D eigenvalue weighted by Gasteiger charge is -2.07. The molecule has 1 heterocycles. The molecule has 0 aliphatic rings. The van der Waals surface area contributed by atoms with Crippen molar-refractivity contribution >= 4 is 17.2 Å². The lowest BCUT2D eigenvalue weighted by molar-refractivity contribution is -0.120. The first-order valence-corrected chi connectivity index (χ1v) is 8.24. The average Bonchev–Trinajstić information content (AvgIpc) is 2.86. The third-order valence-corrected chi connectivity index (χ3v) is 4.10. The van der Waals surface area contributed by atoms with E-state index < -0.39 is 0 Å². The average molecular weight is 318 g/mol. The molecule has 4 nitrogen and oxygen atoms in total. The monoisotopic (exact) mass is 318 g/mol. The third kappa shape index (κ3) is 4.84. The number of rotatable bonds is 6. The first-order chi connectivity index (χ1) is 10.4. The zero-order valence-electron chi connectivity index (χ0n) is 13.5. The summed E-state index contributed by atoms with van der Waals surface area (Å²) in [4.78, 5) is 16.1. The summed E-state index contributed by atoms with van der Waals surface area (Å²) in [7, 11) is 0. The molecule has 0 aliphatic heterocycles. The van der Waals surface area contributed by atoms with Gasteiger partial charge in [-0.1, -0.05) is 6.07 Å². The van der Waals surface area contributed by atoms with Gasteiger partial charge in [-0.3, -0.25) is 4.79 Å². The van der Waals surface area contributed by atoms with E-state index in [1.54, 1.807) is 0 Å². The van der Waals surface area contributed by atoms with Gasteiger partial charge in [0.25, 0.3) is 0 Å². The molecule has 118 valence electrons. The normalized spacial score (nSPS) is 10.8. The SMILES string of the molecule is Cc1ccc(OCc2nc(CC(=O)NC(C)C)cs2)cc1C. The van der Waals surface area contributed by atoms with E-state index in [4.69, 9.17) is 4.74 Å². The van der Waals surface area contributed by atoms with E-state index in [0.29, 0.717) is 13.0 Å². The lowest BCUT2D eigenvalue weighted by atomic mass is 10.1. The van der Waals surface area contributed by atoms with Gasteiger partial charge in [-0.05, 0) is 51.0 Å². The van der Waals surface area contributed by atoms with Crippen molar-refractivity contribution in [3.63, 3.8) is 0 Å². The third-order valence-electron chi connectivity index (χ3n) is 3.23. The van der Waals surface area contributed by atoms with Crippen LogP contribution in [0.2, 0.25) is 0 Å². The molecule has 0 unspecified atom stereocenters. The van der Waals surface area contributed by atoms with E-state index in [1.807, 2.05) is 37.4 Å². The van der Waals surface area contributed by atoms with Crippen LogP contribution in [0.25, 0.3) is 0 Å². The Morgan fingerprint density at radius 3 is 2.77 bits per heavy atom. The summed E-state index contributed by atoms with van der Waals surface area (Å²) in [5, 5.41) is 5.66. The molecule has 0 aliphatic carbocycles. The standard InChI is InChI=1S/C17H22N2O2S/c1-11(2)18-16(20)8-14-10-22-17(19-14)9-21-15-6-5-12(3)13(4)7-15/h5-7,10-11H,8-9H2,1-4H3,(H,18,20). The number of carbonyl (C=O) groups is 1. The van der Waals surface area contributed by atoms with E-state index in [9.17, 15) is 4.79 Å². The highest BCUT2D eigenvalue weighted by atomic mass is 32.1. The molecule has 22 heavy (non-hydrogen) atoms. The van der Waals surface area contributed by atoms with Crippen molar-refractivity contribution in [2.24, 2.45) is 0 Å². The fourth-order valence-corrected chi connectivity index (χ4v) is 2.69. The molecule has 5 heteroatoms. The molecule has 1 aromatic carbocycles. The maximum atomic E-state index is 11.7. The van der Waals surface area contributed by atoms with Crippen molar-refractivity contribution in [3.8, 4) is 5.75 Å². The highest BCUT2D eigenvalue weighted by molar-refractivity contribution is 7.09. The Kier molecular flexibility index (Phi) is 5.55. The van der Waals surface area contributed by atoms with Crippen LogP contribution in [0.5, 0.6) is 5.75 Å². The molecule has 0 radical (unpaired) electrons. The second-order valence-electron chi connectivity index (χ2n) is 5.67. The molecule has 0 atom stereocenters. The van der Waals surface area contributed by atoms with Crippen molar-refractivity contribution in [2.45, 2.75) is 46.8 Å². The second kappa shape index (κ2) is 7.40. The Bertz CT molecular complexity index is 650. The number of aryl methyl sites for hydroxylation is 2. The number of nitrogens with zero attached hydrogens (tertiary/aromatic N) is 1. The van der Waals surface area contributed by atoms with Crippen molar-refractivity contribution in [2.75, 3.05) is 0 Å². The predicted octanol–water partition coefficient (Wildman–Crippen LogP) is 3.41. The van der Waals surface area contributed by atoms with Gasteiger partial charge in [0.15, 0.2) is 0 Å². The molecule has 1 aromatic heterocycles. The quantitative estimate of drug-likeness (QED) is 0.888. The number of thiazole rings is 1. The van der Waals surface area contributed by atoms with Gasteiger partial charge in [0.2, 0.25) is 5.91 Å². The van der Waals surface area contributed by atoms with E-state index in [0.717, 1.165) is 16.5 Å². The van der Waals surface area contributed by atoms with E-state index >= 15 is 0 Å². The number of ether oxygens (including phenoxy) is 1. The van der Waals surface area contributed by atoms with Gasteiger partial charge in [-0.15, -0.1) is 11.3 Å². The summed E-state index contributed by atoms with van der Waals surface area (Å²) in [6.45, 7) is 8.47. The number of aromatic nitrogens is 1. The van der Waals surface area contributed by atoms with Crippen LogP contribution in [-0.4, -0.2) is 16.9 Å². The van der Waals surface area contributed by atoms with Crippen LogP contribution in [0.1, 0.15) is 35.7 Å². The number of benzene rings is 1. The molecule has 0 bridgehead atoms. The molecule has 0 spiro atoms. The van der Waals surface area contributed by atoms with Crippen molar-refractivity contribution in [1.29, 1.82) is 0 Å². The minimum Gasteiger partial charge on any atom is -0.486 e. The van der Waals surface area contributed by atoms with Gasteiger partial charge >= 0.3 is 0 Å². The summed E-state index contributed by atoms with van der Waals surface area (Å²) >= 11 is 1.52. The second-order valence-corrected chi connectivity index (χ2v) is 6.61. The Morgan fingerprint density at radius 2 is 2.09 bits per heavy atom. The Morgan fingerprint density at radius 1 is 1.32 bits per heavy atom. The maximum Gasteiger partial charge on any atom is 0.226 e. The van der Waals surface area contributed by atoms with Crippen LogP contribution in [0, 0.1) is 13.8 Å². The molecule has 0 fully saturated rings. The highest BCUT2D eigenvalue weighted by Crippen LogP contribution is 2.19. The molecule has 2 rings (SSSR count). The predicted molar refractivity (Wildman–Crippen MR) is 89.3 cm³/mol. The molecule has 1 N–H and O–H groups in total. The van der Waals surface area contributed by atoms with Crippen LogP contribution in [0.4, 0.5) is 0 Å². The Labute approximate surface area is 135 Å². The van der Waals surface area contributed by atoms with Crippen LogP contribution < -0.4 is 10.1 Å². The van der Waals surface area contributed by atoms with Crippen LogP contribution in [0.15, 0.2) is 23.6 Å². The minimum atomic E-state index is 0.00178. The summed E-state index contributed by atoms with van der Waals surface area (Å²) in [6.07, 6.45) is 0.318. The fraction of sp³-hybridized carbons (Fsp3) is 0.412. The van der Waals surface area contributed by atoms with Crippen LogP contribution in [-0.2, 0) is 17.8 Å². The summed E-state index contributed by atoms with van der Waals surface area (Å²) in [5.41, 5.74) is 3.25. The number of carbonyl (C=O) groups excluding carboxylic acids is 1. The van der Waals surface area contributed by atoms with Crippen LogP contribution >= 0.6 is 11.3 Å². The first-order valence-electron chi connectivity index (χ1n) is 7.36. The van der Waals surface area contributed by atoms with Gasteiger partial charge in [-0.2, -0.15) is 0 Å². The number of nitrogens with one attached hydrogen (secondary N) is 1. The maximum absolute atomic E-state index is 11.7. The lowest BCUT2D eigenvalue weighted by Crippen LogP contribution is -2.31. The molecular formula is C17H22N2O2S. The highest BCUT2D eigenvalue weighted by Gasteiger charge is 2.09. The van der Waals surface area contributed by atoms with E-state index in [1.165, 1.54) is 22.5 Å². The molecule has 2 aromatic rings. The van der Waals surface area contributed by atoms with E-state index in [-0.39, 0.29) is 11.9 Å². The molecule has 0 saturated heterocycles. The molecule has 1 amide bonds. The van der Waals surface area contributed by atoms with Crippen molar-refractivity contribution in [1.82, 2.24) is 10.3 Å². The summed E-state index contributed by atoms with van der Waals surface area (Å²) in [5.74, 6) is 0.847. The van der Waals surface area contributed by atoms with Gasteiger partial charge in [0.1, 0.15) is 17.4 Å². The van der Waals surface area contributed by atoms with Gasteiger partial charge < -0.3 is 10.1 Å². The topological polar surface area (TPSA) is 51.2 Å². The Hall–Kier alpha value is -1.88. The van der Waals surface area contributed by atoms with Gasteiger partial charge in [0.05, 0.1) is 12.1 Å². The number of hydrogen-bond acceptors (Lipinski definition) is 4. The fourth-order valence-electron chi connectivity index (χ4n) is 1.98. The molecular weight excluding hydrogens is 296 g/mol.